The lowest BCUT2D eigenvalue weighted by Gasteiger charge is -2.15. The first kappa shape index (κ1) is 52.2. The van der Waals surface area contributed by atoms with Crippen LogP contribution in [0, 0.1) is 0 Å². The van der Waals surface area contributed by atoms with Crippen LogP contribution in [0.1, 0.15) is 187 Å². The molecule has 314 valence electrons. The second-order valence-electron chi connectivity index (χ2n) is 14.4. The summed E-state index contributed by atoms with van der Waals surface area (Å²) in [6.45, 7) is 1.35. The van der Waals surface area contributed by atoms with Crippen LogP contribution >= 0.6 is 7.82 Å². The number of rotatable bonds is 41. The number of ether oxygens (including phenoxy) is 1. The zero-order valence-corrected chi connectivity index (χ0v) is 35.3. The highest BCUT2D eigenvalue weighted by Gasteiger charge is 2.22. The Hall–Kier alpha value is -1.80. The number of hydrogen-bond donors (Lipinski definition) is 3. The van der Waals surface area contributed by atoms with Crippen LogP contribution in [0.3, 0.4) is 0 Å². The Morgan fingerprint density at radius 3 is 1.33 bits per heavy atom. The van der Waals surface area contributed by atoms with Crippen LogP contribution in [-0.2, 0) is 23.1 Å². The average Bonchev–Trinajstić information content (AvgIpc) is 3.16. The minimum atomic E-state index is -4.25. The molecule has 2 unspecified atom stereocenters. The second kappa shape index (κ2) is 42.3. The number of phosphoric ester groups is 1. The van der Waals surface area contributed by atoms with Crippen LogP contribution < -0.4 is 5.73 Å². The van der Waals surface area contributed by atoms with Crippen LogP contribution in [0.4, 0.5) is 0 Å². The van der Waals surface area contributed by atoms with Crippen molar-refractivity contribution in [3.05, 3.63) is 60.8 Å². The van der Waals surface area contributed by atoms with Crippen molar-refractivity contribution in [1.29, 1.82) is 0 Å². The van der Waals surface area contributed by atoms with Crippen LogP contribution in [0.5, 0.6) is 0 Å². The minimum Gasteiger partial charge on any atom is -0.463 e. The van der Waals surface area contributed by atoms with Crippen molar-refractivity contribution in [3.8, 4) is 0 Å². The standard InChI is InChI=1S/C45H82NO7P/c1-2-3-4-5-6-7-8-9-10-11-12-13-14-15-16-17-18-19-20-21-22-23-24-25-26-27-28-29-30-31-32-33-34-35-36-37-38-39-45(48)51-42-44(47)43-53-54(49,50)52-41-40-46/h3-4,6-7,9-10,12-13,15-16,44,47H,2,5,8,11,14,17-43,46H2,1H3,(H,49,50)/b4-3-,7-6-,10-9-,13-12-,16-15-. The molecule has 0 aliphatic heterocycles. The van der Waals surface area contributed by atoms with E-state index in [-0.39, 0.29) is 25.7 Å². The van der Waals surface area contributed by atoms with Gasteiger partial charge in [0.2, 0.25) is 0 Å². The van der Waals surface area contributed by atoms with Gasteiger partial charge in [-0.1, -0.05) is 190 Å². The van der Waals surface area contributed by atoms with Crippen molar-refractivity contribution in [3.63, 3.8) is 0 Å². The van der Waals surface area contributed by atoms with Gasteiger partial charge in [-0.15, -0.1) is 0 Å². The smallest absolute Gasteiger partial charge is 0.463 e. The number of unbranched alkanes of at least 4 members (excludes halogenated alkanes) is 21. The monoisotopic (exact) mass is 780 g/mol. The Balaban J connectivity index is 3.32. The molecule has 0 aromatic rings. The van der Waals surface area contributed by atoms with Gasteiger partial charge in [0.25, 0.3) is 0 Å². The first-order valence-electron chi connectivity index (χ1n) is 21.8. The SMILES string of the molecule is CC/C=C\C/C=C\C/C=C\C/C=C\C/C=C\CCCCCCCCCCCCCCCCCCCCCCCC(=O)OCC(O)COP(=O)(O)OCCN. The third-order valence-electron chi connectivity index (χ3n) is 9.15. The van der Waals surface area contributed by atoms with Crippen LogP contribution in [0.25, 0.3) is 0 Å². The Morgan fingerprint density at radius 2 is 0.926 bits per heavy atom. The van der Waals surface area contributed by atoms with Crippen molar-refractivity contribution < 1.29 is 33.1 Å². The molecule has 0 aliphatic carbocycles. The molecule has 0 fully saturated rings. The van der Waals surface area contributed by atoms with Gasteiger partial charge in [0.05, 0.1) is 13.2 Å². The summed E-state index contributed by atoms with van der Waals surface area (Å²) in [6.07, 6.45) is 55.6. The molecule has 0 spiro atoms. The molecule has 0 saturated heterocycles. The number of nitrogens with two attached hydrogens (primary N) is 1. The van der Waals surface area contributed by atoms with E-state index in [1.807, 2.05) is 0 Å². The molecule has 0 aliphatic rings. The van der Waals surface area contributed by atoms with Crippen LogP contribution in [-0.4, -0.2) is 48.4 Å². The fourth-order valence-electron chi connectivity index (χ4n) is 5.95. The zero-order chi connectivity index (χ0) is 39.5. The summed E-state index contributed by atoms with van der Waals surface area (Å²) in [5, 5.41) is 9.77. The van der Waals surface area contributed by atoms with Gasteiger partial charge in [-0.05, 0) is 51.4 Å². The maximum absolute atomic E-state index is 11.9. The quantitative estimate of drug-likeness (QED) is 0.0242. The van der Waals surface area contributed by atoms with Crippen LogP contribution in [0.15, 0.2) is 60.8 Å². The summed E-state index contributed by atoms with van der Waals surface area (Å²) in [4.78, 5) is 21.2. The molecule has 0 rings (SSSR count). The molecule has 0 saturated carbocycles. The van der Waals surface area contributed by atoms with E-state index in [0.717, 1.165) is 51.4 Å². The molecule has 8 nitrogen and oxygen atoms in total. The van der Waals surface area contributed by atoms with Crippen LogP contribution in [0.2, 0.25) is 0 Å². The van der Waals surface area contributed by atoms with Gasteiger partial charge in [0, 0.05) is 13.0 Å². The summed E-state index contributed by atoms with van der Waals surface area (Å²) < 4.78 is 25.8. The third kappa shape index (κ3) is 42.9. The van der Waals surface area contributed by atoms with E-state index in [1.165, 1.54) is 122 Å². The average molecular weight is 780 g/mol. The molecule has 9 heteroatoms. The highest BCUT2D eigenvalue weighted by molar-refractivity contribution is 7.47. The fraction of sp³-hybridized carbons (Fsp3) is 0.756. The zero-order valence-electron chi connectivity index (χ0n) is 34.4. The molecular formula is C45H82NO7P. The Kier molecular flexibility index (Phi) is 40.9. The third-order valence-corrected chi connectivity index (χ3v) is 10.1. The second-order valence-corrected chi connectivity index (χ2v) is 15.8. The Bertz CT molecular complexity index is 1010. The van der Waals surface area contributed by atoms with Gasteiger partial charge in [-0.3, -0.25) is 13.8 Å². The lowest BCUT2D eigenvalue weighted by molar-refractivity contribution is -0.147. The predicted molar refractivity (Wildman–Crippen MR) is 228 cm³/mol. The minimum absolute atomic E-state index is 0.0741. The van der Waals surface area contributed by atoms with E-state index in [4.69, 9.17) is 10.5 Å². The highest BCUT2D eigenvalue weighted by Crippen LogP contribution is 2.42. The molecule has 0 bridgehead atoms. The number of allylic oxidation sites excluding steroid dienone is 10. The molecule has 0 aromatic heterocycles. The number of carbonyl (C=O) groups excluding carboxylic acids is 1. The highest BCUT2D eigenvalue weighted by atomic mass is 31.2. The molecule has 0 aromatic carbocycles. The Morgan fingerprint density at radius 1 is 0.556 bits per heavy atom. The summed E-state index contributed by atoms with van der Waals surface area (Å²) in [5.74, 6) is -0.383. The van der Waals surface area contributed by atoms with Crippen molar-refractivity contribution in [2.75, 3.05) is 26.4 Å². The first-order valence-corrected chi connectivity index (χ1v) is 23.3. The number of aliphatic hydroxyl groups is 1. The van der Waals surface area contributed by atoms with E-state index < -0.39 is 20.5 Å². The molecule has 2 atom stereocenters. The van der Waals surface area contributed by atoms with Gasteiger partial charge in [-0.2, -0.15) is 0 Å². The normalized spacial score (nSPS) is 14.1. The number of esters is 1. The molecule has 0 heterocycles. The van der Waals surface area contributed by atoms with Crippen molar-refractivity contribution in [2.45, 2.75) is 193 Å². The number of aliphatic hydroxyl groups excluding tert-OH is 1. The van der Waals surface area contributed by atoms with E-state index in [2.05, 4.69) is 76.7 Å². The lowest BCUT2D eigenvalue weighted by Crippen LogP contribution is -2.23. The van der Waals surface area contributed by atoms with Crippen molar-refractivity contribution in [1.82, 2.24) is 0 Å². The van der Waals surface area contributed by atoms with E-state index in [1.54, 1.807) is 0 Å². The maximum atomic E-state index is 11.9. The van der Waals surface area contributed by atoms with Crippen molar-refractivity contribution in [2.24, 2.45) is 5.73 Å². The molecule has 54 heavy (non-hydrogen) atoms. The largest absolute Gasteiger partial charge is 0.472 e. The predicted octanol–water partition coefficient (Wildman–Crippen LogP) is 12.7. The fourth-order valence-corrected chi connectivity index (χ4v) is 6.72. The summed E-state index contributed by atoms with van der Waals surface area (Å²) in [7, 11) is -4.25. The molecule has 4 N–H and O–H groups in total. The van der Waals surface area contributed by atoms with Gasteiger partial charge in [0.15, 0.2) is 0 Å². The number of phosphoric acid groups is 1. The molecule has 0 radical (unpaired) electrons. The van der Waals surface area contributed by atoms with E-state index in [0.29, 0.717) is 6.42 Å². The van der Waals surface area contributed by atoms with E-state index in [9.17, 15) is 19.4 Å². The number of carbonyl (C=O) groups is 1. The summed E-state index contributed by atoms with van der Waals surface area (Å²) in [6, 6.07) is 0. The van der Waals surface area contributed by atoms with Gasteiger partial charge < -0.3 is 20.5 Å². The Labute approximate surface area is 331 Å². The molecular weight excluding hydrogens is 697 g/mol. The van der Waals surface area contributed by atoms with E-state index >= 15 is 0 Å². The maximum Gasteiger partial charge on any atom is 0.472 e. The topological polar surface area (TPSA) is 128 Å². The number of hydrogen-bond acceptors (Lipinski definition) is 7. The summed E-state index contributed by atoms with van der Waals surface area (Å²) >= 11 is 0. The van der Waals surface area contributed by atoms with Gasteiger partial charge >= 0.3 is 13.8 Å². The first-order chi connectivity index (χ1) is 26.4. The molecule has 0 amide bonds. The summed E-state index contributed by atoms with van der Waals surface area (Å²) in [5.41, 5.74) is 5.20. The van der Waals surface area contributed by atoms with Gasteiger partial charge in [0.1, 0.15) is 12.7 Å². The van der Waals surface area contributed by atoms with Crippen molar-refractivity contribution >= 4 is 13.8 Å². The lowest BCUT2D eigenvalue weighted by atomic mass is 10.0. The van der Waals surface area contributed by atoms with Gasteiger partial charge in [-0.25, -0.2) is 4.57 Å².